The van der Waals surface area contributed by atoms with Crippen molar-refractivity contribution < 1.29 is 32.4 Å². The molecule has 0 aromatic carbocycles. The molecule has 2 amide bonds. The summed E-state index contributed by atoms with van der Waals surface area (Å²) in [5.74, 6) is -2.70. The van der Waals surface area contributed by atoms with Crippen LogP contribution in [0.25, 0.3) is 0 Å². The van der Waals surface area contributed by atoms with Gasteiger partial charge in [0, 0.05) is 13.2 Å². The third kappa shape index (κ3) is 15.5. The Morgan fingerprint density at radius 2 is 1.79 bits per heavy atom. The van der Waals surface area contributed by atoms with Crippen molar-refractivity contribution >= 4 is 27.9 Å². The number of aliphatic hydroxyl groups is 1. The van der Waals surface area contributed by atoms with Crippen LogP contribution >= 0.6 is 0 Å². The molecule has 0 aromatic rings. The molecule has 194 valence electrons. The van der Waals surface area contributed by atoms with E-state index in [1.807, 2.05) is 20.8 Å². The minimum atomic E-state index is -4.47. The average molecular weight is 497 g/mol. The first-order chi connectivity index (χ1) is 15.3. The summed E-state index contributed by atoms with van der Waals surface area (Å²) >= 11 is 0. The number of hydrogen-bond acceptors (Lipinski definition) is 8. The van der Waals surface area contributed by atoms with E-state index >= 15 is 0 Å². The molecule has 0 aliphatic heterocycles. The van der Waals surface area contributed by atoms with Crippen molar-refractivity contribution in [2.75, 3.05) is 18.9 Å². The normalized spacial score (nSPS) is 15.4. The van der Waals surface area contributed by atoms with Crippen LogP contribution < -0.4 is 27.4 Å². The Kier molecular flexibility index (Phi) is 14.8. The van der Waals surface area contributed by atoms with E-state index in [0.717, 1.165) is 12.8 Å². The summed E-state index contributed by atoms with van der Waals surface area (Å²) in [5, 5.41) is 25.3. The molecule has 0 aliphatic rings. The number of aliphatic hydroxyl groups excluding tert-OH is 1. The van der Waals surface area contributed by atoms with Gasteiger partial charge in [-0.05, 0) is 31.6 Å². The Hall–Kier alpha value is -2.00. The van der Waals surface area contributed by atoms with Gasteiger partial charge in [0.05, 0.1) is 11.8 Å². The Morgan fingerprint density at radius 3 is 2.30 bits per heavy atom. The zero-order valence-corrected chi connectivity index (χ0v) is 20.4. The van der Waals surface area contributed by atoms with Gasteiger partial charge in [-0.2, -0.15) is 8.42 Å². The summed E-state index contributed by atoms with van der Waals surface area (Å²) < 4.78 is 36.3. The van der Waals surface area contributed by atoms with E-state index < -0.39 is 52.1 Å². The third-order valence-electron chi connectivity index (χ3n) is 4.53. The van der Waals surface area contributed by atoms with Crippen molar-refractivity contribution in [3.05, 3.63) is 0 Å². The van der Waals surface area contributed by atoms with Crippen LogP contribution in [-0.2, 0) is 24.4 Å². The first-order valence-electron chi connectivity index (χ1n) is 11.0. The SMILES string of the molecule is CCCCOC(O)[C@H](CCCNC(=N)N)NC(=O)[C@H](CC(C)C)NC(=O)[C@@H](N)CS(=O)(=O)O. The summed E-state index contributed by atoms with van der Waals surface area (Å²) in [4.78, 5) is 25.2. The zero-order chi connectivity index (χ0) is 25.6. The lowest BCUT2D eigenvalue weighted by Gasteiger charge is -2.28. The van der Waals surface area contributed by atoms with Crippen LogP contribution in [0.2, 0.25) is 0 Å². The topological polar surface area (TPSA) is 230 Å². The molecular formula is C19H40N6O7S. The fourth-order valence-electron chi connectivity index (χ4n) is 2.86. The van der Waals surface area contributed by atoms with Crippen LogP contribution in [0.1, 0.15) is 52.9 Å². The van der Waals surface area contributed by atoms with E-state index in [1.54, 1.807) is 0 Å². The molecule has 0 rings (SSSR count). The molecule has 1 unspecified atom stereocenters. The van der Waals surface area contributed by atoms with Crippen LogP contribution in [0.3, 0.4) is 0 Å². The Morgan fingerprint density at radius 1 is 1.15 bits per heavy atom. The fraction of sp³-hybridized carbons (Fsp3) is 0.842. The quantitative estimate of drug-likeness (QED) is 0.0386. The lowest BCUT2D eigenvalue weighted by molar-refractivity contribution is -0.140. The minimum Gasteiger partial charge on any atom is -0.370 e. The number of carbonyl (C=O) groups is 2. The van der Waals surface area contributed by atoms with Crippen molar-refractivity contribution in [3.8, 4) is 0 Å². The smallest absolute Gasteiger partial charge is 0.266 e. The van der Waals surface area contributed by atoms with E-state index in [9.17, 15) is 23.1 Å². The Bertz CT molecular complexity index is 719. The van der Waals surface area contributed by atoms with E-state index in [0.29, 0.717) is 26.0 Å². The number of nitrogens with one attached hydrogen (secondary N) is 4. The molecular weight excluding hydrogens is 456 g/mol. The number of hydrogen-bond donors (Lipinski definition) is 8. The molecule has 0 aromatic heterocycles. The summed E-state index contributed by atoms with van der Waals surface area (Å²) in [5.41, 5.74) is 10.8. The molecule has 0 radical (unpaired) electrons. The predicted molar refractivity (Wildman–Crippen MR) is 124 cm³/mol. The van der Waals surface area contributed by atoms with E-state index in [2.05, 4.69) is 16.0 Å². The lowest BCUT2D eigenvalue weighted by Crippen LogP contribution is -2.56. The number of ether oxygens (including phenoxy) is 1. The summed E-state index contributed by atoms with van der Waals surface area (Å²) in [6, 6.07) is -3.41. The van der Waals surface area contributed by atoms with Gasteiger partial charge in [0.2, 0.25) is 11.8 Å². The molecule has 0 aliphatic carbocycles. The molecule has 0 heterocycles. The van der Waals surface area contributed by atoms with Gasteiger partial charge in [-0.1, -0.05) is 27.2 Å². The van der Waals surface area contributed by atoms with Crippen molar-refractivity contribution in [1.82, 2.24) is 16.0 Å². The van der Waals surface area contributed by atoms with Crippen LogP contribution in [-0.4, -0.2) is 79.2 Å². The molecule has 0 saturated carbocycles. The molecule has 10 N–H and O–H groups in total. The maximum Gasteiger partial charge on any atom is 0.266 e. The molecule has 0 saturated heterocycles. The van der Waals surface area contributed by atoms with Crippen molar-refractivity contribution in [1.29, 1.82) is 5.41 Å². The molecule has 33 heavy (non-hydrogen) atoms. The van der Waals surface area contributed by atoms with E-state index in [-0.39, 0.29) is 18.3 Å². The first kappa shape index (κ1) is 31.0. The summed E-state index contributed by atoms with van der Waals surface area (Å²) in [6.07, 6.45) is 1.26. The highest BCUT2D eigenvalue weighted by Gasteiger charge is 2.30. The van der Waals surface area contributed by atoms with Gasteiger partial charge in [0.1, 0.15) is 12.1 Å². The molecule has 13 nitrogen and oxygen atoms in total. The fourth-order valence-corrected chi connectivity index (χ4v) is 3.47. The first-order valence-corrected chi connectivity index (χ1v) is 12.6. The molecule has 14 heteroatoms. The van der Waals surface area contributed by atoms with Gasteiger partial charge in [0.25, 0.3) is 10.1 Å². The van der Waals surface area contributed by atoms with Crippen molar-refractivity contribution in [2.24, 2.45) is 17.4 Å². The van der Waals surface area contributed by atoms with Gasteiger partial charge in [0.15, 0.2) is 12.2 Å². The number of nitrogens with two attached hydrogens (primary N) is 2. The van der Waals surface area contributed by atoms with Crippen LogP contribution in [0.4, 0.5) is 0 Å². The molecule has 0 bridgehead atoms. The second-order valence-corrected chi connectivity index (χ2v) is 9.76. The Labute approximate surface area is 195 Å². The van der Waals surface area contributed by atoms with Crippen molar-refractivity contribution in [2.45, 2.75) is 77.3 Å². The zero-order valence-electron chi connectivity index (χ0n) is 19.5. The summed E-state index contributed by atoms with van der Waals surface area (Å²) in [7, 11) is -4.47. The van der Waals surface area contributed by atoms with Crippen LogP contribution in [0, 0.1) is 11.3 Å². The summed E-state index contributed by atoms with van der Waals surface area (Å²) in [6.45, 7) is 6.27. The largest absolute Gasteiger partial charge is 0.370 e. The Balaban J connectivity index is 5.28. The standard InChI is InChI=1S/C19H40N6O7S/c1-4-5-9-32-18(28)14(7-6-8-23-19(21)22)24-17(27)15(10-12(2)3)25-16(26)13(20)11-33(29,30)31/h12-15,18,28H,4-11,20H2,1-3H3,(H,24,27)(H,25,26)(H4,21,22,23)(H,29,30,31)/t13-,14-,15-,18?/m0/s1. The van der Waals surface area contributed by atoms with Gasteiger partial charge in [-0.15, -0.1) is 0 Å². The molecule has 0 spiro atoms. The van der Waals surface area contributed by atoms with Gasteiger partial charge in [-0.3, -0.25) is 19.6 Å². The predicted octanol–water partition coefficient (Wildman–Crippen LogP) is -1.38. The maximum absolute atomic E-state index is 12.9. The van der Waals surface area contributed by atoms with Gasteiger partial charge in [-0.25, -0.2) is 0 Å². The van der Waals surface area contributed by atoms with E-state index in [4.69, 9.17) is 26.2 Å². The maximum atomic E-state index is 12.9. The third-order valence-corrected chi connectivity index (χ3v) is 5.31. The van der Waals surface area contributed by atoms with E-state index in [1.165, 1.54) is 0 Å². The number of amides is 2. The second-order valence-electron chi connectivity index (χ2n) is 8.26. The van der Waals surface area contributed by atoms with Gasteiger partial charge >= 0.3 is 0 Å². The van der Waals surface area contributed by atoms with Crippen LogP contribution in [0.15, 0.2) is 0 Å². The highest BCUT2D eigenvalue weighted by atomic mass is 32.2. The lowest BCUT2D eigenvalue weighted by atomic mass is 10.0. The molecule has 0 fully saturated rings. The number of rotatable bonds is 17. The van der Waals surface area contributed by atoms with Crippen molar-refractivity contribution in [3.63, 3.8) is 0 Å². The highest BCUT2D eigenvalue weighted by Crippen LogP contribution is 2.10. The van der Waals surface area contributed by atoms with Gasteiger partial charge < -0.3 is 37.3 Å². The average Bonchev–Trinajstić information content (AvgIpc) is 2.67. The monoisotopic (exact) mass is 496 g/mol. The molecule has 4 atom stereocenters. The van der Waals surface area contributed by atoms with Crippen LogP contribution in [0.5, 0.6) is 0 Å². The number of unbranched alkanes of at least 4 members (excludes halogenated alkanes) is 1. The number of carbonyl (C=O) groups excluding carboxylic acids is 2. The number of guanidine groups is 1. The highest BCUT2D eigenvalue weighted by molar-refractivity contribution is 7.85. The minimum absolute atomic E-state index is 0.0113. The second kappa shape index (κ2) is 15.8.